The van der Waals surface area contributed by atoms with E-state index in [4.69, 9.17) is 11.1 Å². The molecule has 2 amide bonds. The summed E-state index contributed by atoms with van der Waals surface area (Å²) in [7, 11) is 0. The molecule has 0 aliphatic rings. The van der Waals surface area contributed by atoms with E-state index in [0.717, 1.165) is 0 Å². The maximum absolute atomic E-state index is 12.0. The molecule has 0 radical (unpaired) electrons. The second-order valence-electron chi connectivity index (χ2n) is 3.69. The van der Waals surface area contributed by atoms with E-state index in [2.05, 4.69) is 5.32 Å². The Morgan fingerprint density at radius 3 is 2.58 bits per heavy atom. The van der Waals surface area contributed by atoms with Crippen LogP contribution >= 0.6 is 23.5 Å². The number of carbonyl (C=O) groups is 2. The molecule has 0 heterocycles. The molecule has 19 heavy (non-hydrogen) atoms. The molecule has 102 valence electrons. The molecule has 0 spiro atoms. The Morgan fingerprint density at radius 1 is 1.37 bits per heavy atom. The fourth-order valence-electron chi connectivity index (χ4n) is 1.23. The Labute approximate surface area is 120 Å². The van der Waals surface area contributed by atoms with Crippen LogP contribution in [0.2, 0.25) is 0 Å². The van der Waals surface area contributed by atoms with Gasteiger partial charge >= 0.3 is 0 Å². The minimum atomic E-state index is -0.731. The molecule has 4 N–H and O–H groups in total. The predicted octanol–water partition coefficient (Wildman–Crippen LogP) is 1.68. The molecule has 1 aromatic carbocycles. The molecule has 0 aromatic heterocycles. The van der Waals surface area contributed by atoms with Crippen LogP contribution in [0.4, 0.5) is 0 Å². The van der Waals surface area contributed by atoms with Crippen molar-refractivity contribution >= 4 is 39.7 Å². The highest BCUT2D eigenvalue weighted by Gasteiger charge is 2.17. The van der Waals surface area contributed by atoms with E-state index in [1.54, 1.807) is 30.5 Å². The van der Waals surface area contributed by atoms with Crippen molar-refractivity contribution in [2.75, 3.05) is 6.26 Å². The fraction of sp³-hybridized carbons (Fsp3) is 0.250. The number of nitrogens with two attached hydrogens (primary N) is 1. The van der Waals surface area contributed by atoms with Crippen LogP contribution in [0, 0.1) is 5.41 Å². The van der Waals surface area contributed by atoms with Crippen molar-refractivity contribution in [2.45, 2.75) is 17.9 Å². The van der Waals surface area contributed by atoms with Crippen molar-refractivity contribution in [3.63, 3.8) is 0 Å². The lowest BCUT2D eigenvalue weighted by Gasteiger charge is -2.12. The highest BCUT2D eigenvalue weighted by atomic mass is 32.2. The Balaban J connectivity index is 2.90. The third-order valence-electron chi connectivity index (χ3n) is 2.29. The number of rotatable bonds is 4. The second-order valence-corrected chi connectivity index (χ2v) is 5.81. The Kier molecular flexibility index (Phi) is 5.91. The average Bonchev–Trinajstić information content (AvgIpc) is 2.38. The summed E-state index contributed by atoms with van der Waals surface area (Å²) in [6, 6.07) is 6.21. The predicted molar refractivity (Wildman–Crippen MR) is 79.7 cm³/mol. The van der Waals surface area contributed by atoms with E-state index < -0.39 is 11.9 Å². The molecule has 0 saturated heterocycles. The molecule has 1 rings (SSSR count). The minimum absolute atomic E-state index is 0.372. The van der Waals surface area contributed by atoms with Gasteiger partial charge in [0.05, 0.1) is 5.56 Å². The monoisotopic (exact) mass is 297 g/mol. The zero-order chi connectivity index (χ0) is 14.4. The standard InChI is InChI=1S/C12H15N3O2S2/c1-7(10(13)16)15-11(17)8-5-3-4-6-9(8)19-12(14)18-2/h3-7,14H,1-2H3,(H2,13,16)(H,15,17)/t7-/m1/s1. The van der Waals surface area contributed by atoms with Crippen LogP contribution in [-0.4, -0.2) is 28.5 Å². The van der Waals surface area contributed by atoms with Crippen LogP contribution in [0.5, 0.6) is 0 Å². The van der Waals surface area contributed by atoms with E-state index in [0.29, 0.717) is 14.8 Å². The summed E-state index contributed by atoms with van der Waals surface area (Å²) in [5, 5.41) is 10.2. The van der Waals surface area contributed by atoms with Gasteiger partial charge in [0, 0.05) is 4.90 Å². The second kappa shape index (κ2) is 7.20. The van der Waals surface area contributed by atoms with Crippen LogP contribution in [-0.2, 0) is 4.79 Å². The quantitative estimate of drug-likeness (QED) is 0.447. The van der Waals surface area contributed by atoms with Crippen molar-refractivity contribution < 1.29 is 9.59 Å². The number of carbonyl (C=O) groups excluding carboxylic acids is 2. The molecule has 1 aromatic rings. The molecular formula is C12H15N3O2S2. The van der Waals surface area contributed by atoms with E-state index in [9.17, 15) is 9.59 Å². The molecule has 0 saturated carbocycles. The summed E-state index contributed by atoms with van der Waals surface area (Å²) < 4.78 is 0.392. The van der Waals surface area contributed by atoms with Gasteiger partial charge in [-0.05, 0) is 25.3 Å². The average molecular weight is 297 g/mol. The largest absolute Gasteiger partial charge is 0.368 e. The van der Waals surface area contributed by atoms with Gasteiger partial charge in [-0.1, -0.05) is 23.9 Å². The number of amides is 2. The van der Waals surface area contributed by atoms with Crippen molar-refractivity contribution in [2.24, 2.45) is 5.73 Å². The van der Waals surface area contributed by atoms with Gasteiger partial charge in [-0.15, -0.1) is 11.8 Å². The number of hydrogen-bond acceptors (Lipinski definition) is 5. The van der Waals surface area contributed by atoms with Crippen LogP contribution in [0.1, 0.15) is 17.3 Å². The van der Waals surface area contributed by atoms with Gasteiger partial charge in [-0.2, -0.15) is 0 Å². The fourth-order valence-corrected chi connectivity index (χ4v) is 2.45. The topological polar surface area (TPSA) is 96.0 Å². The maximum atomic E-state index is 12.0. The molecule has 1 atom stereocenters. The Morgan fingerprint density at radius 2 is 2.00 bits per heavy atom. The lowest BCUT2D eigenvalue weighted by atomic mass is 10.2. The highest BCUT2D eigenvalue weighted by molar-refractivity contribution is 8.38. The Bertz CT molecular complexity index is 506. The lowest BCUT2D eigenvalue weighted by Crippen LogP contribution is -2.42. The number of primary amides is 1. The number of nitrogens with one attached hydrogen (secondary N) is 2. The summed E-state index contributed by atoms with van der Waals surface area (Å²) in [5.41, 5.74) is 5.54. The first-order valence-electron chi connectivity index (χ1n) is 5.45. The van der Waals surface area contributed by atoms with Crippen molar-refractivity contribution in [1.82, 2.24) is 5.32 Å². The minimum Gasteiger partial charge on any atom is -0.368 e. The summed E-state index contributed by atoms with van der Waals surface area (Å²) in [6.07, 6.45) is 1.80. The number of thioether (sulfide) groups is 2. The summed E-state index contributed by atoms with van der Waals surface area (Å²) >= 11 is 2.50. The van der Waals surface area contributed by atoms with Crippen LogP contribution in [0.15, 0.2) is 29.2 Å². The van der Waals surface area contributed by atoms with Crippen LogP contribution in [0.25, 0.3) is 0 Å². The van der Waals surface area contributed by atoms with E-state index in [1.165, 1.54) is 30.4 Å². The summed E-state index contributed by atoms with van der Waals surface area (Å²) in [5.74, 6) is -0.960. The van der Waals surface area contributed by atoms with Gasteiger partial charge in [0.25, 0.3) is 5.91 Å². The van der Waals surface area contributed by atoms with Gasteiger partial charge in [-0.25, -0.2) is 0 Å². The molecule has 0 aliphatic carbocycles. The summed E-state index contributed by atoms with van der Waals surface area (Å²) in [6.45, 7) is 1.53. The molecule has 0 unspecified atom stereocenters. The Hall–Kier alpha value is -1.47. The van der Waals surface area contributed by atoms with E-state index >= 15 is 0 Å². The SMILES string of the molecule is CSC(=N)Sc1ccccc1C(=O)N[C@H](C)C(N)=O. The van der Waals surface area contributed by atoms with Crippen molar-refractivity contribution in [1.29, 1.82) is 5.41 Å². The van der Waals surface area contributed by atoms with Gasteiger partial charge in [-0.3, -0.25) is 15.0 Å². The normalized spacial score (nSPS) is 11.7. The van der Waals surface area contributed by atoms with Gasteiger partial charge in [0.15, 0.2) is 0 Å². The molecule has 5 nitrogen and oxygen atoms in total. The third kappa shape index (κ3) is 4.60. The van der Waals surface area contributed by atoms with Crippen molar-refractivity contribution in [3.05, 3.63) is 29.8 Å². The van der Waals surface area contributed by atoms with Crippen molar-refractivity contribution in [3.8, 4) is 0 Å². The third-order valence-corrected chi connectivity index (χ3v) is 4.18. The van der Waals surface area contributed by atoms with Gasteiger partial charge < -0.3 is 11.1 Å². The highest BCUT2D eigenvalue weighted by Crippen LogP contribution is 2.26. The van der Waals surface area contributed by atoms with Crippen LogP contribution in [0.3, 0.4) is 0 Å². The number of hydrogen-bond donors (Lipinski definition) is 3. The molecule has 0 fully saturated rings. The molecule has 7 heteroatoms. The first-order chi connectivity index (χ1) is 8.95. The van der Waals surface area contributed by atoms with E-state index in [-0.39, 0.29) is 5.91 Å². The van der Waals surface area contributed by atoms with Crippen LogP contribution < -0.4 is 11.1 Å². The zero-order valence-electron chi connectivity index (χ0n) is 10.6. The van der Waals surface area contributed by atoms with Gasteiger partial charge in [0.1, 0.15) is 10.4 Å². The maximum Gasteiger partial charge on any atom is 0.253 e. The number of benzene rings is 1. The first-order valence-corrected chi connectivity index (χ1v) is 7.49. The lowest BCUT2D eigenvalue weighted by molar-refractivity contribution is -0.119. The molecular weight excluding hydrogens is 282 g/mol. The van der Waals surface area contributed by atoms with E-state index in [1.807, 2.05) is 0 Å². The van der Waals surface area contributed by atoms with Gasteiger partial charge in [0.2, 0.25) is 5.91 Å². The smallest absolute Gasteiger partial charge is 0.253 e. The zero-order valence-corrected chi connectivity index (χ0v) is 12.2. The first kappa shape index (κ1) is 15.6. The molecule has 0 aliphatic heterocycles. The molecule has 0 bridgehead atoms. The summed E-state index contributed by atoms with van der Waals surface area (Å²) in [4.78, 5) is 23.7.